The van der Waals surface area contributed by atoms with E-state index < -0.39 is 17.9 Å². The molecule has 7 nitrogen and oxygen atoms in total. The zero-order valence-electron chi connectivity index (χ0n) is 16.2. The minimum absolute atomic E-state index is 0.288. The summed E-state index contributed by atoms with van der Waals surface area (Å²) in [5.41, 5.74) is 12.9. The Morgan fingerprint density at radius 3 is 2.50 bits per heavy atom. The summed E-state index contributed by atoms with van der Waals surface area (Å²) in [4.78, 5) is 24.1. The Kier molecular flexibility index (Phi) is 7.92. The molecule has 0 heterocycles. The molecule has 0 aromatic heterocycles. The molecule has 7 N–H and O–H groups in total. The van der Waals surface area contributed by atoms with E-state index in [9.17, 15) is 9.59 Å². The number of amides is 2. The molecule has 1 saturated carbocycles. The molecule has 0 saturated heterocycles. The monoisotopic (exact) mass is 403 g/mol. The summed E-state index contributed by atoms with van der Waals surface area (Å²) >= 11 is 5.24. The summed E-state index contributed by atoms with van der Waals surface area (Å²) in [5.74, 6) is -0.490. The molecule has 1 unspecified atom stereocenters. The van der Waals surface area contributed by atoms with Crippen LogP contribution in [0.5, 0.6) is 0 Å². The van der Waals surface area contributed by atoms with Crippen molar-refractivity contribution in [2.45, 2.75) is 57.9 Å². The Labute approximate surface area is 171 Å². The van der Waals surface area contributed by atoms with Gasteiger partial charge in [-0.1, -0.05) is 44.3 Å². The predicted octanol–water partition coefficient (Wildman–Crippen LogP) is 3.19. The minimum Gasteiger partial charge on any atom is -0.374 e. The summed E-state index contributed by atoms with van der Waals surface area (Å²) in [5, 5.41) is 13.7. The van der Waals surface area contributed by atoms with Crippen LogP contribution in [0, 0.1) is 11.3 Å². The van der Waals surface area contributed by atoms with Crippen molar-refractivity contribution >= 4 is 46.1 Å². The van der Waals surface area contributed by atoms with Crippen molar-refractivity contribution in [2.75, 3.05) is 10.6 Å². The molecule has 1 aromatic carbocycles. The lowest BCUT2D eigenvalue weighted by molar-refractivity contribution is -0.119. The third-order valence-electron chi connectivity index (χ3n) is 4.96. The summed E-state index contributed by atoms with van der Waals surface area (Å²) in [7, 11) is 0. The smallest absolute Gasteiger partial charge is 0.250 e. The third kappa shape index (κ3) is 6.60. The largest absolute Gasteiger partial charge is 0.374 e. The van der Waals surface area contributed by atoms with E-state index in [4.69, 9.17) is 29.1 Å². The van der Waals surface area contributed by atoms with Gasteiger partial charge < -0.3 is 27.5 Å². The van der Waals surface area contributed by atoms with Crippen LogP contribution in [-0.2, 0) is 4.79 Å². The first-order valence-corrected chi connectivity index (χ1v) is 10.0. The summed E-state index contributed by atoms with van der Waals surface area (Å²) in [6, 6.07) is 4.51. The van der Waals surface area contributed by atoms with E-state index in [0.717, 1.165) is 12.8 Å². The molecular weight excluding hydrogens is 374 g/mol. The highest BCUT2D eigenvalue weighted by molar-refractivity contribution is 7.80. The number of carbonyl (C=O) groups excluding carboxylic acids is 2. The first kappa shape index (κ1) is 21.8. The lowest BCUT2D eigenvalue weighted by Gasteiger charge is -2.26. The fourth-order valence-electron chi connectivity index (χ4n) is 3.59. The number of benzene rings is 1. The summed E-state index contributed by atoms with van der Waals surface area (Å²) < 4.78 is 0. The molecule has 1 aliphatic carbocycles. The van der Waals surface area contributed by atoms with E-state index in [1.54, 1.807) is 25.1 Å². The molecule has 0 bridgehead atoms. The maximum absolute atomic E-state index is 12.0. The van der Waals surface area contributed by atoms with Crippen molar-refractivity contribution < 1.29 is 9.59 Å². The maximum atomic E-state index is 12.0. The zero-order chi connectivity index (χ0) is 20.7. The van der Waals surface area contributed by atoms with Gasteiger partial charge in [-0.25, -0.2) is 0 Å². The lowest BCUT2D eigenvalue weighted by atomic mass is 9.84. The SMILES string of the molecule is CC(=N)CC(=S)Nc1cc(NC(CC2CCCCC2)C(N)=O)ccc1C(N)=O. The fraction of sp³-hybridized carbons (Fsp3) is 0.500. The number of nitrogens with one attached hydrogen (secondary N) is 3. The summed E-state index contributed by atoms with van der Waals surface area (Å²) in [6.07, 6.45) is 6.87. The average molecular weight is 404 g/mol. The number of hydrogen-bond donors (Lipinski definition) is 5. The van der Waals surface area contributed by atoms with Crippen molar-refractivity contribution in [3.8, 4) is 0 Å². The van der Waals surface area contributed by atoms with Crippen LogP contribution in [0.15, 0.2) is 18.2 Å². The normalized spacial score (nSPS) is 15.5. The van der Waals surface area contributed by atoms with Gasteiger partial charge in [-0.3, -0.25) is 9.59 Å². The highest BCUT2D eigenvalue weighted by Gasteiger charge is 2.23. The first-order valence-electron chi connectivity index (χ1n) is 9.60. The number of primary amides is 2. The van der Waals surface area contributed by atoms with E-state index in [-0.39, 0.29) is 6.42 Å². The fourth-order valence-corrected chi connectivity index (χ4v) is 3.92. The average Bonchev–Trinajstić information content (AvgIpc) is 2.61. The van der Waals surface area contributed by atoms with Gasteiger partial charge in [0.05, 0.1) is 16.2 Å². The number of hydrogen-bond acceptors (Lipinski definition) is 5. The van der Waals surface area contributed by atoms with Crippen LogP contribution in [0.2, 0.25) is 0 Å². The second-order valence-electron chi connectivity index (χ2n) is 7.47. The van der Waals surface area contributed by atoms with Crippen LogP contribution in [0.3, 0.4) is 0 Å². The molecule has 2 rings (SSSR count). The molecular formula is C20H29N5O2S. The Morgan fingerprint density at radius 1 is 1.25 bits per heavy atom. The van der Waals surface area contributed by atoms with Crippen LogP contribution in [0.1, 0.15) is 62.2 Å². The van der Waals surface area contributed by atoms with Crippen molar-refractivity contribution in [3.05, 3.63) is 23.8 Å². The molecule has 0 radical (unpaired) electrons. The molecule has 28 heavy (non-hydrogen) atoms. The minimum atomic E-state index is -0.586. The van der Waals surface area contributed by atoms with Crippen LogP contribution in [-0.4, -0.2) is 28.6 Å². The first-order chi connectivity index (χ1) is 13.3. The van der Waals surface area contributed by atoms with E-state index >= 15 is 0 Å². The van der Waals surface area contributed by atoms with E-state index in [2.05, 4.69) is 10.6 Å². The third-order valence-corrected chi connectivity index (χ3v) is 5.21. The molecule has 8 heteroatoms. The number of thiocarbonyl (C=S) groups is 1. The maximum Gasteiger partial charge on any atom is 0.250 e. The van der Waals surface area contributed by atoms with E-state index in [1.807, 2.05) is 0 Å². The molecule has 1 aromatic rings. The molecule has 1 aliphatic rings. The summed E-state index contributed by atoms with van der Waals surface area (Å²) in [6.45, 7) is 1.66. The second kappa shape index (κ2) is 10.2. The van der Waals surface area contributed by atoms with Crippen molar-refractivity contribution in [3.63, 3.8) is 0 Å². The van der Waals surface area contributed by atoms with Crippen molar-refractivity contribution in [1.82, 2.24) is 0 Å². The Hall–Kier alpha value is -2.48. The van der Waals surface area contributed by atoms with Gasteiger partial charge >= 0.3 is 0 Å². The number of carbonyl (C=O) groups is 2. The van der Waals surface area contributed by atoms with Gasteiger partial charge in [-0.05, 0) is 37.5 Å². The van der Waals surface area contributed by atoms with E-state index in [0.29, 0.717) is 40.0 Å². The van der Waals surface area contributed by atoms with Crippen LogP contribution >= 0.6 is 12.2 Å². The molecule has 152 valence electrons. The second-order valence-corrected chi connectivity index (χ2v) is 7.96. The molecule has 0 spiro atoms. The van der Waals surface area contributed by atoms with Crippen LogP contribution in [0.25, 0.3) is 0 Å². The number of rotatable bonds is 9. The van der Waals surface area contributed by atoms with Gasteiger partial charge in [-0.15, -0.1) is 0 Å². The van der Waals surface area contributed by atoms with Gasteiger partial charge in [0.2, 0.25) is 5.91 Å². The quantitative estimate of drug-likeness (QED) is 0.319. The standard InChI is InChI=1S/C20H29N5O2S/c1-12(21)9-18(28)25-16-11-14(7-8-15(16)19(22)26)24-17(20(23)27)10-13-5-3-2-4-6-13/h7-8,11,13,17,21,24H,2-6,9-10H2,1H3,(H2,22,26)(H2,23,27)(H,25,28). The molecule has 1 atom stereocenters. The van der Waals surface area contributed by atoms with Crippen molar-refractivity contribution in [2.24, 2.45) is 17.4 Å². The Balaban J connectivity index is 2.17. The molecule has 1 fully saturated rings. The van der Waals surface area contributed by atoms with Crippen LogP contribution in [0.4, 0.5) is 11.4 Å². The predicted molar refractivity (Wildman–Crippen MR) is 117 cm³/mol. The van der Waals surface area contributed by atoms with Crippen LogP contribution < -0.4 is 22.1 Å². The van der Waals surface area contributed by atoms with Gasteiger partial charge in [0, 0.05) is 17.8 Å². The lowest BCUT2D eigenvalue weighted by Crippen LogP contribution is -2.37. The number of nitrogens with two attached hydrogens (primary N) is 2. The molecule has 0 aliphatic heterocycles. The highest BCUT2D eigenvalue weighted by Crippen LogP contribution is 2.29. The van der Waals surface area contributed by atoms with Gasteiger partial charge in [0.25, 0.3) is 5.91 Å². The van der Waals surface area contributed by atoms with Gasteiger partial charge in [0.1, 0.15) is 6.04 Å². The Bertz CT molecular complexity index is 759. The topological polar surface area (TPSA) is 134 Å². The van der Waals surface area contributed by atoms with E-state index in [1.165, 1.54) is 19.3 Å². The number of anilines is 2. The molecule has 2 amide bonds. The van der Waals surface area contributed by atoms with Gasteiger partial charge in [-0.2, -0.15) is 0 Å². The highest BCUT2D eigenvalue weighted by atomic mass is 32.1. The zero-order valence-corrected chi connectivity index (χ0v) is 17.0. The van der Waals surface area contributed by atoms with Gasteiger partial charge in [0.15, 0.2) is 0 Å². The van der Waals surface area contributed by atoms with Crippen molar-refractivity contribution in [1.29, 1.82) is 5.41 Å². The Morgan fingerprint density at radius 2 is 1.93 bits per heavy atom.